The molecule has 0 fully saturated rings. The van der Waals surface area contributed by atoms with E-state index in [0.717, 1.165) is 10.9 Å². The Bertz CT molecular complexity index is 1540. The second kappa shape index (κ2) is 8.09. The SMILES string of the molecule is Cc1ccc2oc(C(=O)Oc3ccc4c(c3)OC(N)=C(C#N)C4c3cccc(F)c3)c(C)c2c1. The van der Waals surface area contributed by atoms with Crippen LogP contribution in [0.3, 0.4) is 0 Å². The minimum absolute atomic E-state index is 0.0868. The number of furan rings is 1. The molecule has 0 saturated carbocycles. The monoisotopic (exact) mass is 454 g/mol. The molecule has 2 heterocycles. The molecule has 34 heavy (non-hydrogen) atoms. The van der Waals surface area contributed by atoms with Gasteiger partial charge in [0.05, 0.1) is 5.92 Å². The number of hydrogen-bond acceptors (Lipinski definition) is 6. The molecule has 0 amide bonds. The zero-order chi connectivity index (χ0) is 24.0. The molecule has 5 rings (SSSR count). The highest BCUT2D eigenvalue weighted by Gasteiger charge is 2.31. The predicted octanol–water partition coefficient (Wildman–Crippen LogP) is 5.63. The maximum absolute atomic E-state index is 13.9. The molecule has 0 saturated heterocycles. The Labute approximate surface area is 194 Å². The van der Waals surface area contributed by atoms with Crippen molar-refractivity contribution in [2.45, 2.75) is 19.8 Å². The highest BCUT2D eigenvalue weighted by molar-refractivity contribution is 5.97. The summed E-state index contributed by atoms with van der Waals surface area (Å²) in [6.45, 7) is 3.77. The van der Waals surface area contributed by atoms with E-state index in [0.29, 0.717) is 28.0 Å². The van der Waals surface area contributed by atoms with Crippen LogP contribution in [0.25, 0.3) is 11.0 Å². The van der Waals surface area contributed by atoms with Crippen LogP contribution in [0.1, 0.15) is 38.7 Å². The number of hydrogen-bond donors (Lipinski definition) is 1. The van der Waals surface area contributed by atoms with Crippen molar-refractivity contribution in [2.24, 2.45) is 5.73 Å². The molecule has 1 aliphatic heterocycles. The molecule has 0 bridgehead atoms. The van der Waals surface area contributed by atoms with Gasteiger partial charge in [0.25, 0.3) is 0 Å². The molecule has 7 heteroatoms. The number of carbonyl (C=O) groups is 1. The number of esters is 1. The summed E-state index contributed by atoms with van der Waals surface area (Å²) >= 11 is 0. The Morgan fingerprint density at radius 3 is 2.71 bits per heavy atom. The number of ether oxygens (including phenoxy) is 2. The minimum atomic E-state index is -0.648. The third-order valence-corrected chi connectivity index (χ3v) is 5.86. The molecule has 1 atom stereocenters. The first kappa shape index (κ1) is 21.3. The average molecular weight is 454 g/mol. The molecule has 4 aromatic rings. The van der Waals surface area contributed by atoms with Crippen molar-refractivity contribution in [1.82, 2.24) is 0 Å². The smallest absolute Gasteiger partial charge is 0.379 e. The molecule has 1 unspecified atom stereocenters. The Morgan fingerprint density at radius 2 is 1.94 bits per heavy atom. The molecule has 0 radical (unpaired) electrons. The van der Waals surface area contributed by atoms with E-state index in [1.807, 2.05) is 25.1 Å². The Kier molecular flexibility index (Phi) is 5.06. The van der Waals surface area contributed by atoms with Crippen LogP contribution in [-0.4, -0.2) is 5.97 Å². The van der Waals surface area contributed by atoms with Gasteiger partial charge in [0.2, 0.25) is 11.6 Å². The first-order chi connectivity index (χ1) is 16.4. The van der Waals surface area contributed by atoms with E-state index < -0.39 is 17.7 Å². The summed E-state index contributed by atoms with van der Waals surface area (Å²) in [6, 6.07) is 18.5. The van der Waals surface area contributed by atoms with Gasteiger partial charge in [-0.2, -0.15) is 5.26 Å². The highest BCUT2D eigenvalue weighted by atomic mass is 19.1. The number of halogens is 1. The second-order valence-corrected chi connectivity index (χ2v) is 8.12. The molecule has 2 N–H and O–H groups in total. The number of fused-ring (bicyclic) bond motifs is 2. The Hall–Kier alpha value is -4.57. The summed E-state index contributed by atoms with van der Waals surface area (Å²) in [5.41, 5.74) is 9.69. The lowest BCUT2D eigenvalue weighted by Gasteiger charge is -2.26. The van der Waals surface area contributed by atoms with Crippen LogP contribution in [-0.2, 0) is 0 Å². The van der Waals surface area contributed by atoms with Crippen LogP contribution in [0.2, 0.25) is 0 Å². The summed E-state index contributed by atoms with van der Waals surface area (Å²) in [6.07, 6.45) is 0. The predicted molar refractivity (Wildman–Crippen MR) is 123 cm³/mol. The first-order valence-corrected chi connectivity index (χ1v) is 10.5. The van der Waals surface area contributed by atoms with Crippen molar-refractivity contribution in [1.29, 1.82) is 5.26 Å². The number of nitrogens with zero attached hydrogens (tertiary/aromatic N) is 1. The minimum Gasteiger partial charge on any atom is -0.449 e. The fourth-order valence-corrected chi connectivity index (χ4v) is 4.21. The second-order valence-electron chi connectivity index (χ2n) is 8.12. The molecule has 3 aromatic carbocycles. The van der Waals surface area contributed by atoms with Crippen LogP contribution in [0.15, 0.2) is 76.5 Å². The van der Waals surface area contributed by atoms with Gasteiger partial charge in [-0.1, -0.05) is 29.8 Å². The Balaban J connectivity index is 1.50. The van der Waals surface area contributed by atoms with Gasteiger partial charge in [0, 0.05) is 22.6 Å². The van der Waals surface area contributed by atoms with E-state index in [2.05, 4.69) is 6.07 Å². The lowest BCUT2D eigenvalue weighted by atomic mass is 9.83. The molecule has 1 aliphatic rings. The zero-order valence-corrected chi connectivity index (χ0v) is 18.4. The number of allylic oxidation sites excluding steroid dienone is 1. The third-order valence-electron chi connectivity index (χ3n) is 5.86. The standard InChI is InChI=1S/C27H19FN2O4/c1-14-6-9-22-20(10-14)15(2)25(33-22)27(31)32-18-7-8-19-23(12-18)34-26(30)21(13-29)24(19)16-4-3-5-17(28)11-16/h3-12,24H,30H2,1-2H3. The van der Waals surface area contributed by atoms with E-state index in [-0.39, 0.29) is 23.0 Å². The van der Waals surface area contributed by atoms with Gasteiger partial charge in [-0.15, -0.1) is 0 Å². The number of benzene rings is 3. The lowest BCUT2D eigenvalue weighted by Crippen LogP contribution is -2.21. The van der Waals surface area contributed by atoms with Gasteiger partial charge < -0.3 is 19.6 Å². The quantitative estimate of drug-likeness (QED) is 0.318. The maximum atomic E-state index is 13.9. The van der Waals surface area contributed by atoms with Crippen LogP contribution >= 0.6 is 0 Å². The summed E-state index contributed by atoms with van der Waals surface area (Å²) in [7, 11) is 0. The van der Waals surface area contributed by atoms with Gasteiger partial charge in [-0.05, 0) is 49.7 Å². The van der Waals surface area contributed by atoms with E-state index >= 15 is 0 Å². The van der Waals surface area contributed by atoms with E-state index in [1.165, 1.54) is 18.2 Å². The normalized spacial score (nSPS) is 14.9. The molecule has 1 aromatic heterocycles. The first-order valence-electron chi connectivity index (χ1n) is 10.5. The molecule has 0 aliphatic carbocycles. The average Bonchev–Trinajstić information content (AvgIpc) is 3.14. The summed E-state index contributed by atoms with van der Waals surface area (Å²) < 4.78 is 30.8. The number of carbonyl (C=O) groups excluding carboxylic acids is 1. The van der Waals surface area contributed by atoms with Crippen molar-refractivity contribution in [3.05, 3.63) is 106 Å². The molecular weight excluding hydrogens is 435 g/mol. The van der Waals surface area contributed by atoms with Crippen LogP contribution in [0.5, 0.6) is 11.5 Å². The van der Waals surface area contributed by atoms with Gasteiger partial charge in [0.1, 0.15) is 34.5 Å². The number of nitrogens with two attached hydrogens (primary N) is 1. The molecule has 6 nitrogen and oxygen atoms in total. The number of aryl methyl sites for hydroxylation is 2. The third kappa shape index (κ3) is 3.55. The van der Waals surface area contributed by atoms with Crippen LogP contribution in [0.4, 0.5) is 4.39 Å². The van der Waals surface area contributed by atoms with Gasteiger partial charge in [-0.3, -0.25) is 0 Å². The number of nitriles is 1. The lowest BCUT2D eigenvalue weighted by molar-refractivity contribution is 0.0702. The fraction of sp³-hybridized carbons (Fsp3) is 0.111. The highest BCUT2D eigenvalue weighted by Crippen LogP contribution is 2.43. The van der Waals surface area contributed by atoms with Crippen molar-refractivity contribution in [3.63, 3.8) is 0 Å². The van der Waals surface area contributed by atoms with Gasteiger partial charge in [-0.25, -0.2) is 9.18 Å². The largest absolute Gasteiger partial charge is 0.449 e. The summed E-state index contributed by atoms with van der Waals surface area (Å²) in [4.78, 5) is 12.9. The molecular formula is C27H19FN2O4. The van der Waals surface area contributed by atoms with Crippen LogP contribution < -0.4 is 15.2 Å². The van der Waals surface area contributed by atoms with Crippen molar-refractivity contribution in [2.75, 3.05) is 0 Å². The Morgan fingerprint density at radius 1 is 1.12 bits per heavy atom. The van der Waals surface area contributed by atoms with E-state index in [4.69, 9.17) is 19.6 Å². The van der Waals surface area contributed by atoms with Crippen molar-refractivity contribution in [3.8, 4) is 17.6 Å². The fourth-order valence-electron chi connectivity index (χ4n) is 4.21. The topological polar surface area (TPSA) is 98.5 Å². The molecule has 168 valence electrons. The van der Waals surface area contributed by atoms with Gasteiger partial charge in [0.15, 0.2) is 0 Å². The zero-order valence-electron chi connectivity index (χ0n) is 18.4. The summed E-state index contributed by atoms with van der Waals surface area (Å²) in [5.74, 6) is -1.14. The van der Waals surface area contributed by atoms with Crippen molar-refractivity contribution < 1.29 is 23.1 Å². The summed E-state index contributed by atoms with van der Waals surface area (Å²) in [5, 5.41) is 10.5. The maximum Gasteiger partial charge on any atom is 0.379 e. The van der Waals surface area contributed by atoms with Crippen molar-refractivity contribution >= 4 is 16.9 Å². The van der Waals surface area contributed by atoms with Gasteiger partial charge >= 0.3 is 5.97 Å². The van der Waals surface area contributed by atoms with E-state index in [9.17, 15) is 14.4 Å². The molecule has 0 spiro atoms. The van der Waals surface area contributed by atoms with Crippen LogP contribution in [0, 0.1) is 31.0 Å². The van der Waals surface area contributed by atoms with E-state index in [1.54, 1.807) is 31.2 Å². The number of rotatable bonds is 3.